The zero-order valence-electron chi connectivity index (χ0n) is 15.9. The van der Waals surface area contributed by atoms with E-state index in [1.807, 2.05) is 6.92 Å². The number of benzene rings is 2. The average Bonchev–Trinajstić information content (AvgIpc) is 3.27. The summed E-state index contributed by atoms with van der Waals surface area (Å²) in [5.74, 6) is 0.227. The van der Waals surface area contributed by atoms with Crippen LogP contribution in [0, 0.1) is 10.1 Å². The van der Waals surface area contributed by atoms with Gasteiger partial charge in [-0.15, -0.1) is 11.3 Å². The topological polar surface area (TPSA) is 116 Å². The maximum Gasteiger partial charge on any atom is 0.293 e. The second-order valence-electron chi connectivity index (χ2n) is 6.23. The summed E-state index contributed by atoms with van der Waals surface area (Å²) >= 11 is 0.978. The molecule has 30 heavy (non-hydrogen) atoms. The van der Waals surface area contributed by atoms with Crippen LogP contribution >= 0.6 is 11.3 Å². The molecule has 1 aromatic heterocycles. The maximum atomic E-state index is 12.8. The molecule has 1 heterocycles. The van der Waals surface area contributed by atoms with Crippen molar-refractivity contribution in [3.05, 3.63) is 81.2 Å². The van der Waals surface area contributed by atoms with Gasteiger partial charge in [0.05, 0.1) is 11.5 Å². The Morgan fingerprint density at radius 1 is 1.13 bits per heavy atom. The standard InChI is InChI=1S/C20H18N2O6S2/c1-2-11-28-16-8-5-14(6-9-16)20(23)15-7-10-18(22(24)25)17(13-15)21-30(26,27)19-4-3-12-29-19/h3-10,12-13,21H,2,11H2,1H3. The summed E-state index contributed by atoms with van der Waals surface area (Å²) in [6, 6.07) is 13.0. The molecule has 0 bridgehead atoms. The Kier molecular flexibility index (Phi) is 6.48. The summed E-state index contributed by atoms with van der Waals surface area (Å²) in [6.45, 7) is 2.54. The van der Waals surface area contributed by atoms with E-state index in [0.29, 0.717) is 17.9 Å². The predicted molar refractivity (Wildman–Crippen MR) is 114 cm³/mol. The molecule has 0 spiro atoms. The normalized spacial score (nSPS) is 11.1. The van der Waals surface area contributed by atoms with Crippen molar-refractivity contribution in [3.8, 4) is 5.75 Å². The lowest BCUT2D eigenvalue weighted by atomic mass is 10.0. The first-order valence-corrected chi connectivity index (χ1v) is 11.3. The SMILES string of the molecule is CCCOc1ccc(C(=O)c2ccc([N+](=O)[O-])c(NS(=O)(=O)c3cccs3)c2)cc1. The molecule has 0 aliphatic heterocycles. The Morgan fingerprint density at radius 3 is 2.43 bits per heavy atom. The van der Waals surface area contributed by atoms with Crippen molar-refractivity contribution in [3.63, 3.8) is 0 Å². The maximum absolute atomic E-state index is 12.8. The number of nitrogens with zero attached hydrogens (tertiary/aromatic N) is 1. The minimum absolute atomic E-state index is 0.0104. The fourth-order valence-electron chi connectivity index (χ4n) is 2.62. The minimum Gasteiger partial charge on any atom is -0.494 e. The van der Waals surface area contributed by atoms with Gasteiger partial charge >= 0.3 is 0 Å². The molecule has 156 valence electrons. The number of thiophene rings is 1. The van der Waals surface area contributed by atoms with E-state index in [-0.39, 0.29) is 15.5 Å². The first-order valence-electron chi connectivity index (χ1n) is 8.94. The molecule has 0 aliphatic carbocycles. The molecule has 3 aromatic rings. The third-order valence-corrected chi connectivity index (χ3v) is 6.81. The van der Waals surface area contributed by atoms with Crippen molar-refractivity contribution in [2.75, 3.05) is 11.3 Å². The van der Waals surface area contributed by atoms with Crippen LogP contribution < -0.4 is 9.46 Å². The van der Waals surface area contributed by atoms with E-state index in [0.717, 1.165) is 23.8 Å². The smallest absolute Gasteiger partial charge is 0.293 e. The van der Waals surface area contributed by atoms with Crippen LogP contribution in [0.25, 0.3) is 0 Å². The second-order valence-corrected chi connectivity index (χ2v) is 9.09. The van der Waals surface area contributed by atoms with Crippen molar-refractivity contribution in [2.45, 2.75) is 17.6 Å². The lowest BCUT2D eigenvalue weighted by Crippen LogP contribution is -2.13. The van der Waals surface area contributed by atoms with Crippen molar-refractivity contribution in [2.24, 2.45) is 0 Å². The van der Waals surface area contributed by atoms with Crippen LogP contribution in [-0.4, -0.2) is 25.7 Å². The van der Waals surface area contributed by atoms with Gasteiger partial charge in [0.2, 0.25) is 0 Å². The Bertz CT molecular complexity index is 1160. The molecule has 8 nitrogen and oxygen atoms in total. The van der Waals surface area contributed by atoms with E-state index in [9.17, 15) is 23.3 Å². The van der Waals surface area contributed by atoms with Gasteiger partial charge in [-0.25, -0.2) is 8.42 Å². The lowest BCUT2D eigenvalue weighted by molar-refractivity contribution is -0.383. The van der Waals surface area contributed by atoms with Crippen LogP contribution in [0.5, 0.6) is 5.75 Å². The van der Waals surface area contributed by atoms with Gasteiger partial charge in [0.1, 0.15) is 15.6 Å². The Labute approximate surface area is 177 Å². The van der Waals surface area contributed by atoms with Crippen molar-refractivity contribution >= 4 is 38.5 Å². The second kappa shape index (κ2) is 9.06. The number of ketones is 1. The van der Waals surface area contributed by atoms with Crippen LogP contribution in [0.3, 0.4) is 0 Å². The van der Waals surface area contributed by atoms with Gasteiger partial charge in [-0.2, -0.15) is 0 Å². The fourth-order valence-corrected chi connectivity index (χ4v) is 4.68. The van der Waals surface area contributed by atoms with Gasteiger partial charge < -0.3 is 4.74 Å². The van der Waals surface area contributed by atoms with E-state index in [1.54, 1.807) is 35.7 Å². The third-order valence-electron chi connectivity index (χ3n) is 4.05. The molecule has 0 saturated heterocycles. The quantitative estimate of drug-likeness (QED) is 0.294. The molecule has 3 rings (SSSR count). The molecular formula is C20H18N2O6S2. The number of sulfonamides is 1. The highest BCUT2D eigenvalue weighted by Gasteiger charge is 2.23. The zero-order chi connectivity index (χ0) is 21.7. The van der Waals surface area contributed by atoms with E-state index < -0.39 is 26.4 Å². The Morgan fingerprint density at radius 2 is 1.83 bits per heavy atom. The highest BCUT2D eigenvalue weighted by molar-refractivity contribution is 7.94. The molecule has 1 N–H and O–H groups in total. The van der Waals surface area contributed by atoms with Crippen LogP contribution in [0.4, 0.5) is 11.4 Å². The minimum atomic E-state index is -4.01. The van der Waals surface area contributed by atoms with Crippen LogP contribution in [0.15, 0.2) is 64.2 Å². The predicted octanol–water partition coefficient (Wildman–Crippen LogP) is 4.48. The number of carbonyl (C=O) groups excluding carboxylic acids is 1. The zero-order valence-corrected chi connectivity index (χ0v) is 17.5. The lowest BCUT2D eigenvalue weighted by Gasteiger charge is -2.09. The number of nitrogens with one attached hydrogen (secondary N) is 1. The highest BCUT2D eigenvalue weighted by atomic mass is 32.2. The summed E-state index contributed by atoms with van der Waals surface area (Å²) in [4.78, 5) is 23.4. The molecule has 0 saturated carbocycles. The number of carbonyl (C=O) groups is 1. The number of hydrogen-bond donors (Lipinski definition) is 1. The average molecular weight is 447 g/mol. The Hall–Kier alpha value is -3.24. The van der Waals surface area contributed by atoms with Gasteiger partial charge in [0.15, 0.2) is 5.78 Å². The van der Waals surface area contributed by atoms with E-state index in [1.165, 1.54) is 18.2 Å². The summed E-state index contributed by atoms with van der Waals surface area (Å²) < 4.78 is 32.7. The molecule has 0 fully saturated rings. The number of nitro groups is 1. The fraction of sp³-hybridized carbons (Fsp3) is 0.150. The van der Waals surface area contributed by atoms with Crippen LogP contribution in [0.1, 0.15) is 29.3 Å². The van der Waals surface area contributed by atoms with E-state index in [4.69, 9.17) is 4.74 Å². The largest absolute Gasteiger partial charge is 0.494 e. The molecule has 0 atom stereocenters. The van der Waals surface area contributed by atoms with E-state index >= 15 is 0 Å². The van der Waals surface area contributed by atoms with Gasteiger partial charge in [-0.1, -0.05) is 13.0 Å². The molecule has 0 aliphatic rings. The molecule has 0 radical (unpaired) electrons. The van der Waals surface area contributed by atoms with Crippen molar-refractivity contribution in [1.29, 1.82) is 0 Å². The van der Waals surface area contributed by atoms with Crippen LogP contribution in [0.2, 0.25) is 0 Å². The van der Waals surface area contributed by atoms with Gasteiger partial charge in [-0.05, 0) is 54.3 Å². The number of nitro benzene ring substituents is 1. The highest BCUT2D eigenvalue weighted by Crippen LogP contribution is 2.30. The molecule has 0 amide bonds. The number of rotatable bonds is 9. The van der Waals surface area contributed by atoms with Crippen molar-refractivity contribution in [1.82, 2.24) is 0 Å². The summed E-state index contributed by atoms with van der Waals surface area (Å²) in [5.41, 5.74) is -0.261. The molecule has 10 heteroatoms. The van der Waals surface area contributed by atoms with Gasteiger partial charge in [0, 0.05) is 17.2 Å². The van der Waals surface area contributed by atoms with Crippen molar-refractivity contribution < 1.29 is 22.9 Å². The monoisotopic (exact) mass is 446 g/mol. The summed E-state index contributed by atoms with van der Waals surface area (Å²) in [5, 5.41) is 12.9. The molecule has 0 unspecified atom stereocenters. The third kappa shape index (κ3) is 4.84. The first-order chi connectivity index (χ1) is 14.3. The molecular weight excluding hydrogens is 428 g/mol. The Balaban J connectivity index is 1.92. The number of anilines is 1. The summed E-state index contributed by atoms with van der Waals surface area (Å²) in [6.07, 6.45) is 0.855. The number of ether oxygens (including phenoxy) is 1. The van der Waals surface area contributed by atoms with E-state index in [2.05, 4.69) is 4.72 Å². The first kappa shape index (κ1) is 21.5. The van der Waals surface area contributed by atoms with Gasteiger partial charge in [0.25, 0.3) is 15.7 Å². The summed E-state index contributed by atoms with van der Waals surface area (Å²) in [7, 11) is -4.01. The number of hydrogen-bond acceptors (Lipinski definition) is 7. The van der Waals surface area contributed by atoms with Crippen LogP contribution in [-0.2, 0) is 10.0 Å². The molecule has 2 aromatic carbocycles. The van der Waals surface area contributed by atoms with Gasteiger partial charge in [-0.3, -0.25) is 19.6 Å².